The molecule has 1 aromatic heterocycles. The van der Waals surface area contributed by atoms with Crippen LogP contribution in [0.4, 0.5) is 0 Å². The molecule has 6 heteroatoms. The van der Waals surface area contributed by atoms with Gasteiger partial charge in [-0.3, -0.25) is 9.69 Å². The predicted molar refractivity (Wildman–Crippen MR) is 100 cm³/mol. The summed E-state index contributed by atoms with van der Waals surface area (Å²) in [6.07, 6.45) is 3.29. The van der Waals surface area contributed by atoms with Crippen molar-refractivity contribution in [2.45, 2.75) is 19.6 Å². The van der Waals surface area contributed by atoms with E-state index in [1.54, 1.807) is 17.4 Å². The molecule has 1 aliphatic rings. The van der Waals surface area contributed by atoms with Crippen LogP contribution >= 0.6 is 11.3 Å². The summed E-state index contributed by atoms with van der Waals surface area (Å²) in [5, 5.41) is 5.84. The molecule has 1 aromatic carbocycles. The van der Waals surface area contributed by atoms with Gasteiger partial charge in [0.1, 0.15) is 0 Å². The number of aromatic nitrogens is 1. The third-order valence-corrected chi connectivity index (χ3v) is 4.81. The average Bonchev–Trinajstić information content (AvgIpc) is 3.05. The van der Waals surface area contributed by atoms with Crippen molar-refractivity contribution in [2.75, 3.05) is 26.2 Å². The van der Waals surface area contributed by atoms with Gasteiger partial charge in [-0.05, 0) is 18.6 Å². The van der Waals surface area contributed by atoms with Crippen LogP contribution in [0.1, 0.15) is 16.3 Å². The number of benzene rings is 1. The molecule has 1 amide bonds. The van der Waals surface area contributed by atoms with Crippen molar-refractivity contribution in [1.82, 2.24) is 15.2 Å². The maximum atomic E-state index is 11.9. The van der Waals surface area contributed by atoms with Gasteiger partial charge in [-0.2, -0.15) is 0 Å². The largest absolute Gasteiger partial charge is 0.374 e. The molecule has 1 atom stereocenters. The van der Waals surface area contributed by atoms with Crippen LogP contribution in [-0.2, 0) is 16.1 Å². The fourth-order valence-corrected chi connectivity index (χ4v) is 3.36. The monoisotopic (exact) mass is 357 g/mol. The zero-order valence-corrected chi connectivity index (χ0v) is 15.2. The summed E-state index contributed by atoms with van der Waals surface area (Å²) in [5.41, 5.74) is 2.12. The van der Waals surface area contributed by atoms with Gasteiger partial charge < -0.3 is 10.1 Å². The molecular formula is C19H23N3O2S. The van der Waals surface area contributed by atoms with E-state index in [2.05, 4.69) is 39.5 Å². The summed E-state index contributed by atoms with van der Waals surface area (Å²) in [5.74, 6) is -0.116. The highest BCUT2D eigenvalue weighted by Gasteiger charge is 2.20. The van der Waals surface area contributed by atoms with Gasteiger partial charge >= 0.3 is 0 Å². The Morgan fingerprint density at radius 1 is 1.44 bits per heavy atom. The molecule has 1 N–H and O–H groups in total. The molecule has 1 aliphatic heterocycles. The van der Waals surface area contributed by atoms with E-state index in [-0.39, 0.29) is 12.0 Å². The second-order valence-electron chi connectivity index (χ2n) is 6.08. The maximum absolute atomic E-state index is 11.9. The van der Waals surface area contributed by atoms with Crippen molar-refractivity contribution in [1.29, 1.82) is 0 Å². The number of thiazole rings is 1. The SMILES string of the molecule is Cc1nc(/C=C/C(=O)NCC2CN(Cc3ccccc3)CCO2)cs1. The van der Waals surface area contributed by atoms with Gasteiger partial charge in [-0.25, -0.2) is 4.98 Å². The van der Waals surface area contributed by atoms with E-state index in [0.717, 1.165) is 30.3 Å². The number of aryl methyl sites for hydroxylation is 1. The average molecular weight is 357 g/mol. The van der Waals surface area contributed by atoms with Gasteiger partial charge in [-0.1, -0.05) is 30.3 Å². The number of morpholine rings is 1. The number of hydrogen-bond donors (Lipinski definition) is 1. The number of nitrogens with zero attached hydrogens (tertiary/aromatic N) is 2. The van der Waals surface area contributed by atoms with E-state index < -0.39 is 0 Å². The van der Waals surface area contributed by atoms with Crippen LogP contribution in [0.25, 0.3) is 6.08 Å². The third kappa shape index (κ3) is 5.77. The van der Waals surface area contributed by atoms with Gasteiger partial charge in [0.15, 0.2) is 0 Å². The summed E-state index contributed by atoms with van der Waals surface area (Å²) in [4.78, 5) is 18.6. The van der Waals surface area contributed by atoms with E-state index in [4.69, 9.17) is 4.74 Å². The van der Waals surface area contributed by atoms with Gasteiger partial charge in [-0.15, -0.1) is 11.3 Å². The Balaban J connectivity index is 1.43. The number of rotatable bonds is 6. The molecule has 0 aliphatic carbocycles. The van der Waals surface area contributed by atoms with Gasteiger partial charge in [0.25, 0.3) is 0 Å². The van der Waals surface area contributed by atoms with Crippen molar-refractivity contribution in [2.24, 2.45) is 0 Å². The normalized spacial score (nSPS) is 18.5. The molecule has 0 saturated carbocycles. The summed E-state index contributed by atoms with van der Waals surface area (Å²) in [6.45, 7) is 5.82. The Morgan fingerprint density at radius 2 is 2.28 bits per heavy atom. The summed E-state index contributed by atoms with van der Waals surface area (Å²) < 4.78 is 5.77. The Kier molecular flexibility index (Phi) is 6.33. The van der Waals surface area contributed by atoms with Gasteiger partial charge in [0, 0.05) is 37.6 Å². The number of hydrogen-bond acceptors (Lipinski definition) is 5. The van der Waals surface area contributed by atoms with Crippen molar-refractivity contribution >= 4 is 23.3 Å². The zero-order valence-electron chi connectivity index (χ0n) is 14.4. The number of carbonyl (C=O) groups excluding carboxylic acids is 1. The van der Waals surface area contributed by atoms with E-state index in [0.29, 0.717) is 13.2 Å². The van der Waals surface area contributed by atoms with Crippen LogP contribution in [0, 0.1) is 6.92 Å². The van der Waals surface area contributed by atoms with Crippen LogP contribution in [0.5, 0.6) is 0 Å². The fourth-order valence-electron chi connectivity index (χ4n) is 2.78. The molecule has 0 radical (unpaired) electrons. The molecule has 1 unspecified atom stereocenters. The number of carbonyl (C=O) groups is 1. The number of amides is 1. The van der Waals surface area contributed by atoms with Crippen molar-refractivity contribution in [3.8, 4) is 0 Å². The van der Waals surface area contributed by atoms with E-state index in [1.807, 2.05) is 18.4 Å². The minimum Gasteiger partial charge on any atom is -0.374 e. The first-order chi connectivity index (χ1) is 12.2. The molecule has 2 heterocycles. The smallest absolute Gasteiger partial charge is 0.244 e. The van der Waals surface area contributed by atoms with Crippen molar-refractivity contribution < 1.29 is 9.53 Å². The molecule has 0 spiro atoms. The minimum absolute atomic E-state index is 0.0244. The summed E-state index contributed by atoms with van der Waals surface area (Å²) in [6, 6.07) is 10.4. The second-order valence-corrected chi connectivity index (χ2v) is 7.15. The number of ether oxygens (including phenoxy) is 1. The topological polar surface area (TPSA) is 54.5 Å². The molecule has 5 nitrogen and oxygen atoms in total. The molecule has 2 aromatic rings. The quantitative estimate of drug-likeness (QED) is 0.807. The van der Waals surface area contributed by atoms with Crippen LogP contribution in [-0.4, -0.2) is 48.1 Å². The first kappa shape index (κ1) is 17.8. The molecule has 1 fully saturated rings. The Bertz CT molecular complexity index is 714. The minimum atomic E-state index is -0.116. The lowest BCUT2D eigenvalue weighted by molar-refractivity contribution is -0.117. The van der Waals surface area contributed by atoms with E-state index >= 15 is 0 Å². The van der Waals surface area contributed by atoms with Crippen molar-refractivity contribution in [3.63, 3.8) is 0 Å². The Labute approximate surface area is 152 Å². The third-order valence-electron chi connectivity index (χ3n) is 4.02. The molecule has 132 valence electrons. The van der Waals surface area contributed by atoms with Gasteiger partial charge in [0.05, 0.1) is 23.4 Å². The highest BCUT2D eigenvalue weighted by atomic mass is 32.1. The van der Waals surface area contributed by atoms with Crippen molar-refractivity contribution in [3.05, 3.63) is 58.1 Å². The Morgan fingerprint density at radius 3 is 3.04 bits per heavy atom. The van der Waals surface area contributed by atoms with Crippen LogP contribution < -0.4 is 5.32 Å². The van der Waals surface area contributed by atoms with E-state index in [1.165, 1.54) is 11.6 Å². The zero-order chi connectivity index (χ0) is 17.5. The second kappa shape index (κ2) is 8.89. The molecule has 0 bridgehead atoms. The van der Waals surface area contributed by atoms with E-state index in [9.17, 15) is 4.79 Å². The first-order valence-corrected chi connectivity index (χ1v) is 9.33. The fraction of sp³-hybridized carbons (Fsp3) is 0.368. The lowest BCUT2D eigenvalue weighted by atomic mass is 10.2. The highest BCUT2D eigenvalue weighted by Crippen LogP contribution is 2.11. The Hall–Kier alpha value is -2.02. The standard InChI is InChI=1S/C19H23N3O2S/c1-15-21-17(14-25-15)7-8-19(23)20-11-18-13-22(9-10-24-18)12-16-5-3-2-4-6-16/h2-8,14,18H,9-13H2,1H3,(H,20,23)/b8-7+. The van der Waals surface area contributed by atoms with Crippen LogP contribution in [0.15, 0.2) is 41.8 Å². The maximum Gasteiger partial charge on any atom is 0.244 e. The van der Waals surface area contributed by atoms with Crippen LogP contribution in [0.3, 0.4) is 0 Å². The lowest BCUT2D eigenvalue weighted by Gasteiger charge is -2.33. The number of nitrogens with one attached hydrogen (secondary N) is 1. The lowest BCUT2D eigenvalue weighted by Crippen LogP contribution is -2.46. The van der Waals surface area contributed by atoms with Gasteiger partial charge in [0.2, 0.25) is 5.91 Å². The predicted octanol–water partition coefficient (Wildman–Crippen LogP) is 2.48. The molecule has 25 heavy (non-hydrogen) atoms. The summed E-state index contributed by atoms with van der Waals surface area (Å²) >= 11 is 1.57. The molecule has 1 saturated heterocycles. The highest BCUT2D eigenvalue weighted by molar-refractivity contribution is 7.09. The molecular weight excluding hydrogens is 334 g/mol. The summed E-state index contributed by atoms with van der Waals surface area (Å²) in [7, 11) is 0. The van der Waals surface area contributed by atoms with Crippen LogP contribution in [0.2, 0.25) is 0 Å². The molecule has 3 rings (SSSR count). The first-order valence-electron chi connectivity index (χ1n) is 8.45.